The molecule has 0 bridgehead atoms. The lowest BCUT2D eigenvalue weighted by molar-refractivity contribution is 0.110. The first-order chi connectivity index (χ1) is 10.6. The molecule has 0 aliphatic carbocycles. The Hall–Kier alpha value is -2.12. The Labute approximate surface area is 130 Å². The van der Waals surface area contributed by atoms with Crippen LogP contribution in [0.3, 0.4) is 0 Å². The molecule has 0 fully saturated rings. The van der Waals surface area contributed by atoms with Gasteiger partial charge in [-0.05, 0) is 43.3 Å². The minimum Gasteiger partial charge on any atom is -0.491 e. The highest BCUT2D eigenvalue weighted by atomic mass is 32.2. The summed E-state index contributed by atoms with van der Waals surface area (Å²) in [4.78, 5) is 4.01. The van der Waals surface area contributed by atoms with Crippen molar-refractivity contribution in [2.24, 2.45) is 0 Å². The summed E-state index contributed by atoms with van der Waals surface area (Å²) in [5, 5.41) is 0. The van der Waals surface area contributed by atoms with Gasteiger partial charge >= 0.3 is 0 Å². The third-order valence-corrected chi connectivity index (χ3v) is 4.16. The van der Waals surface area contributed by atoms with E-state index in [4.69, 9.17) is 9.47 Å². The lowest BCUT2D eigenvalue weighted by Crippen LogP contribution is -2.13. The van der Waals surface area contributed by atoms with Gasteiger partial charge in [0.05, 0.1) is 17.2 Å². The number of rotatable bonds is 8. The molecule has 6 nitrogen and oxygen atoms in total. The highest BCUT2D eigenvalue weighted by molar-refractivity contribution is 7.92. The number of benzene rings is 1. The molecule has 22 heavy (non-hydrogen) atoms. The van der Waals surface area contributed by atoms with Crippen LogP contribution >= 0.6 is 0 Å². The molecule has 0 aliphatic rings. The first-order valence-electron chi connectivity index (χ1n) is 6.85. The van der Waals surface area contributed by atoms with E-state index in [1.807, 2.05) is 6.92 Å². The molecule has 1 N–H and O–H groups in total. The molecule has 7 heteroatoms. The Morgan fingerprint density at radius 2 is 1.73 bits per heavy atom. The summed E-state index contributed by atoms with van der Waals surface area (Å²) in [6.45, 7) is 3.48. The number of hydrogen-bond donors (Lipinski definition) is 1. The van der Waals surface area contributed by atoms with E-state index in [1.54, 1.807) is 24.3 Å². The summed E-state index contributed by atoms with van der Waals surface area (Å²) in [7, 11) is -3.62. The standard InChI is InChI=1S/C15H18N2O4S/c1-2-20-11-12-21-14-3-5-15(6-4-14)22(18,19)17-13-7-9-16-10-8-13/h3-10H,2,11-12H2,1H3,(H,16,17). The van der Waals surface area contributed by atoms with Gasteiger partial charge in [0.15, 0.2) is 0 Å². The van der Waals surface area contributed by atoms with Gasteiger partial charge in [0, 0.05) is 19.0 Å². The monoisotopic (exact) mass is 322 g/mol. The summed E-state index contributed by atoms with van der Waals surface area (Å²) in [6.07, 6.45) is 3.04. The number of ether oxygens (including phenoxy) is 2. The number of anilines is 1. The fourth-order valence-corrected chi connectivity index (χ4v) is 2.77. The third kappa shape index (κ3) is 4.71. The van der Waals surface area contributed by atoms with Gasteiger partial charge in [0.1, 0.15) is 12.4 Å². The quantitative estimate of drug-likeness (QED) is 0.755. The lowest BCUT2D eigenvalue weighted by Gasteiger charge is -2.09. The summed E-state index contributed by atoms with van der Waals surface area (Å²) in [5.74, 6) is 0.600. The number of hydrogen-bond acceptors (Lipinski definition) is 5. The molecule has 0 saturated heterocycles. The van der Waals surface area contributed by atoms with Crippen LogP contribution in [-0.2, 0) is 14.8 Å². The molecule has 1 heterocycles. The highest BCUT2D eigenvalue weighted by Crippen LogP contribution is 2.18. The number of pyridine rings is 1. The van der Waals surface area contributed by atoms with Crippen molar-refractivity contribution in [2.45, 2.75) is 11.8 Å². The zero-order chi connectivity index (χ0) is 15.8. The van der Waals surface area contributed by atoms with Crippen LogP contribution in [0.2, 0.25) is 0 Å². The third-order valence-electron chi connectivity index (χ3n) is 2.77. The van der Waals surface area contributed by atoms with E-state index in [9.17, 15) is 8.42 Å². The Morgan fingerprint density at radius 1 is 1.05 bits per heavy atom. The van der Waals surface area contributed by atoms with E-state index in [0.717, 1.165) is 0 Å². The summed E-state index contributed by atoms with van der Waals surface area (Å²) in [5.41, 5.74) is 0.465. The smallest absolute Gasteiger partial charge is 0.261 e. The molecule has 0 saturated carbocycles. The van der Waals surface area contributed by atoms with Crippen molar-refractivity contribution < 1.29 is 17.9 Å². The normalized spacial score (nSPS) is 11.1. The minimum atomic E-state index is -3.62. The second-order valence-corrected chi connectivity index (χ2v) is 6.04. The van der Waals surface area contributed by atoms with Crippen molar-refractivity contribution in [3.05, 3.63) is 48.8 Å². The number of nitrogens with zero attached hydrogens (tertiary/aromatic N) is 1. The second kappa shape index (κ2) is 7.77. The fourth-order valence-electron chi connectivity index (χ4n) is 1.71. The largest absolute Gasteiger partial charge is 0.491 e. The number of sulfonamides is 1. The summed E-state index contributed by atoms with van der Waals surface area (Å²) < 4.78 is 37.5. The van der Waals surface area contributed by atoms with E-state index >= 15 is 0 Å². The van der Waals surface area contributed by atoms with Gasteiger partial charge in [0.2, 0.25) is 0 Å². The van der Waals surface area contributed by atoms with Gasteiger partial charge in [-0.25, -0.2) is 8.42 Å². The van der Waals surface area contributed by atoms with E-state index in [1.165, 1.54) is 24.5 Å². The molecule has 1 aromatic heterocycles. The van der Waals surface area contributed by atoms with Gasteiger partial charge in [-0.1, -0.05) is 0 Å². The molecule has 1 aromatic carbocycles. The van der Waals surface area contributed by atoms with E-state index in [2.05, 4.69) is 9.71 Å². The number of nitrogens with one attached hydrogen (secondary N) is 1. The minimum absolute atomic E-state index is 0.168. The van der Waals surface area contributed by atoms with Crippen LogP contribution in [0.4, 0.5) is 5.69 Å². The van der Waals surface area contributed by atoms with Crippen molar-refractivity contribution in [1.82, 2.24) is 4.98 Å². The first-order valence-corrected chi connectivity index (χ1v) is 8.33. The van der Waals surface area contributed by atoms with E-state index in [-0.39, 0.29) is 4.90 Å². The van der Waals surface area contributed by atoms with Crippen molar-refractivity contribution >= 4 is 15.7 Å². The molecule has 118 valence electrons. The van der Waals surface area contributed by atoms with Crippen LogP contribution in [0, 0.1) is 0 Å². The molecule has 0 atom stereocenters. The molecule has 0 aliphatic heterocycles. The topological polar surface area (TPSA) is 77.5 Å². The van der Waals surface area contributed by atoms with Crippen molar-refractivity contribution in [1.29, 1.82) is 0 Å². The SMILES string of the molecule is CCOCCOc1ccc(S(=O)(=O)Nc2ccncc2)cc1. The maximum Gasteiger partial charge on any atom is 0.261 e. The summed E-state index contributed by atoms with van der Waals surface area (Å²) >= 11 is 0. The van der Waals surface area contributed by atoms with Crippen LogP contribution in [0.5, 0.6) is 5.75 Å². The van der Waals surface area contributed by atoms with Crippen molar-refractivity contribution in [3.8, 4) is 5.75 Å². The van der Waals surface area contributed by atoms with Crippen LogP contribution < -0.4 is 9.46 Å². The van der Waals surface area contributed by atoms with E-state index in [0.29, 0.717) is 31.3 Å². The Balaban J connectivity index is 1.99. The highest BCUT2D eigenvalue weighted by Gasteiger charge is 2.13. The second-order valence-electron chi connectivity index (χ2n) is 4.36. The fraction of sp³-hybridized carbons (Fsp3) is 0.267. The summed E-state index contributed by atoms with van der Waals surface area (Å²) in [6, 6.07) is 9.41. The van der Waals surface area contributed by atoms with Gasteiger partial charge in [-0.15, -0.1) is 0 Å². The zero-order valence-electron chi connectivity index (χ0n) is 12.2. The molecule has 0 spiro atoms. The van der Waals surface area contributed by atoms with Crippen LogP contribution in [0.15, 0.2) is 53.7 Å². The van der Waals surface area contributed by atoms with Crippen molar-refractivity contribution in [2.75, 3.05) is 24.5 Å². The van der Waals surface area contributed by atoms with Gasteiger partial charge in [-0.3, -0.25) is 9.71 Å². The predicted molar refractivity (Wildman–Crippen MR) is 83.5 cm³/mol. The molecule has 2 rings (SSSR count). The molecule has 0 amide bonds. The molecule has 0 radical (unpaired) electrons. The molecule has 2 aromatic rings. The molecule has 0 unspecified atom stereocenters. The lowest BCUT2D eigenvalue weighted by atomic mass is 10.3. The molecular weight excluding hydrogens is 304 g/mol. The Kier molecular flexibility index (Phi) is 5.74. The van der Waals surface area contributed by atoms with Crippen LogP contribution in [0.25, 0.3) is 0 Å². The Morgan fingerprint density at radius 3 is 2.36 bits per heavy atom. The average molecular weight is 322 g/mol. The predicted octanol–water partition coefficient (Wildman–Crippen LogP) is 2.30. The zero-order valence-corrected chi connectivity index (χ0v) is 13.0. The van der Waals surface area contributed by atoms with Gasteiger partial charge < -0.3 is 9.47 Å². The van der Waals surface area contributed by atoms with E-state index < -0.39 is 10.0 Å². The van der Waals surface area contributed by atoms with Crippen LogP contribution in [0.1, 0.15) is 6.92 Å². The van der Waals surface area contributed by atoms with Crippen LogP contribution in [-0.4, -0.2) is 33.2 Å². The maximum absolute atomic E-state index is 12.2. The number of aromatic nitrogens is 1. The van der Waals surface area contributed by atoms with Gasteiger partial charge in [0.25, 0.3) is 10.0 Å². The molecular formula is C15H18N2O4S. The first kappa shape index (κ1) is 16.3. The van der Waals surface area contributed by atoms with Crippen molar-refractivity contribution in [3.63, 3.8) is 0 Å². The van der Waals surface area contributed by atoms with Gasteiger partial charge in [-0.2, -0.15) is 0 Å². The average Bonchev–Trinajstić information content (AvgIpc) is 2.53. The Bertz CT molecular complexity index is 672. The maximum atomic E-state index is 12.2.